The van der Waals surface area contributed by atoms with Gasteiger partial charge in [-0.15, -0.1) is 0 Å². The average Bonchev–Trinajstić information content (AvgIpc) is 4.39. The molecule has 4 heterocycles. The summed E-state index contributed by atoms with van der Waals surface area (Å²) in [5.41, 5.74) is -5.53. The lowest BCUT2D eigenvalue weighted by Crippen LogP contribution is -2.61. The molecule has 6 rings (SSSR count). The molecule has 23 heteroatoms. The molecule has 22 nitrogen and oxygen atoms in total. The minimum absolute atomic E-state index is 0.00269. The van der Waals surface area contributed by atoms with Crippen molar-refractivity contribution in [3.05, 3.63) is 33.9 Å². The number of rotatable bonds is 19. The lowest BCUT2D eigenvalue weighted by molar-refractivity contribution is -0.318. The summed E-state index contributed by atoms with van der Waals surface area (Å²) in [5, 5.41) is 49.4. The fraction of sp³-hybridized carbons (Fsp3) is 0.793. The summed E-state index contributed by atoms with van der Waals surface area (Å²) < 4.78 is 79.6. The van der Waals surface area contributed by atoms with Crippen molar-refractivity contribution in [2.45, 2.75) is 211 Å². The predicted octanol–water partition coefficient (Wildman–Crippen LogP) is 5.12. The summed E-state index contributed by atoms with van der Waals surface area (Å²) in [4.78, 5) is 57.2. The van der Waals surface area contributed by atoms with Crippen LogP contribution < -0.4 is 15.5 Å². The Bertz CT molecular complexity index is 2530. The Kier molecular flexibility index (Phi) is 22.2. The van der Waals surface area contributed by atoms with Crippen molar-refractivity contribution in [3.8, 4) is 5.75 Å². The first-order chi connectivity index (χ1) is 38.0. The highest BCUT2D eigenvalue weighted by atomic mass is 19.1. The third-order valence-electron chi connectivity index (χ3n) is 17.2. The van der Waals surface area contributed by atoms with E-state index < -0.39 is 119 Å². The number of carboxylic acid groups (broad SMARTS) is 1. The molecule has 0 unspecified atom stereocenters. The fourth-order valence-electron chi connectivity index (χ4n) is 12.7. The van der Waals surface area contributed by atoms with Crippen LogP contribution in [0.1, 0.15) is 131 Å². The molecule has 4 aliphatic rings. The lowest BCUT2D eigenvalue weighted by Gasteiger charge is -2.49. The van der Waals surface area contributed by atoms with E-state index in [4.69, 9.17) is 47.4 Å². The first kappa shape index (κ1) is 66.0. The van der Waals surface area contributed by atoms with Gasteiger partial charge in [0.05, 0.1) is 73.6 Å². The topological polar surface area (TPSA) is 265 Å². The van der Waals surface area contributed by atoms with Gasteiger partial charge in [0.2, 0.25) is 5.43 Å². The quantitative estimate of drug-likeness (QED) is 0.0903. The van der Waals surface area contributed by atoms with Crippen LogP contribution in [0.4, 0.5) is 10.1 Å². The molecule has 0 amide bonds. The van der Waals surface area contributed by atoms with E-state index in [2.05, 4.69) is 5.32 Å². The van der Waals surface area contributed by atoms with Gasteiger partial charge in [0.1, 0.15) is 40.8 Å². The summed E-state index contributed by atoms with van der Waals surface area (Å²) >= 11 is 0. The van der Waals surface area contributed by atoms with Crippen LogP contribution in [0.25, 0.3) is 10.9 Å². The van der Waals surface area contributed by atoms with Gasteiger partial charge in [-0.2, -0.15) is 0 Å². The number of aliphatic hydroxyl groups is 3. The normalized spacial score (nSPS) is 36.9. The van der Waals surface area contributed by atoms with Crippen LogP contribution in [0.5, 0.6) is 5.75 Å². The number of ether oxygens (including phenoxy) is 10. The van der Waals surface area contributed by atoms with Crippen LogP contribution in [0, 0.1) is 23.6 Å². The number of pyridine rings is 1. The van der Waals surface area contributed by atoms with Gasteiger partial charge in [-0.25, -0.2) is 9.18 Å². The van der Waals surface area contributed by atoms with E-state index in [0.717, 1.165) is 18.9 Å². The second kappa shape index (κ2) is 27.3. The van der Waals surface area contributed by atoms with Crippen molar-refractivity contribution >= 4 is 34.5 Å². The van der Waals surface area contributed by atoms with Crippen LogP contribution in [0.3, 0.4) is 0 Å². The van der Waals surface area contributed by atoms with Crippen molar-refractivity contribution in [2.75, 3.05) is 74.1 Å². The van der Waals surface area contributed by atoms with E-state index >= 15 is 4.39 Å². The first-order valence-corrected chi connectivity index (χ1v) is 28.6. The van der Waals surface area contributed by atoms with Crippen LogP contribution in [-0.2, 0) is 52.2 Å². The van der Waals surface area contributed by atoms with Crippen LogP contribution in [0.2, 0.25) is 0 Å². The zero-order valence-corrected chi connectivity index (χ0v) is 50.4. The molecule has 0 bridgehead atoms. The number of esters is 2. The van der Waals surface area contributed by atoms with Gasteiger partial charge in [-0.3, -0.25) is 14.4 Å². The van der Waals surface area contributed by atoms with Crippen molar-refractivity contribution in [1.29, 1.82) is 0 Å². The average molecular weight is 1150 g/mol. The number of fused-ring (bicyclic) bond motifs is 1. The van der Waals surface area contributed by atoms with Crippen molar-refractivity contribution < 1.29 is 86.6 Å². The van der Waals surface area contributed by atoms with Gasteiger partial charge in [0, 0.05) is 64.0 Å². The Morgan fingerprint density at radius 3 is 2.22 bits per heavy atom. The summed E-state index contributed by atoms with van der Waals surface area (Å²) in [6.07, 6.45) is -5.97. The van der Waals surface area contributed by atoms with Crippen molar-refractivity contribution in [1.82, 2.24) is 14.4 Å². The van der Waals surface area contributed by atoms with E-state index in [1.807, 2.05) is 58.6 Å². The number of hydrogen-bond donors (Lipinski definition) is 5. The number of carbonyl (C=O) groups excluding carboxylic acids is 2. The molecular weight excluding hydrogens is 1060 g/mol. The number of carboxylic acids is 1. The smallest absolute Gasteiger partial charge is 0.341 e. The highest BCUT2D eigenvalue weighted by Gasteiger charge is 2.54. The monoisotopic (exact) mass is 1150 g/mol. The Balaban J connectivity index is 1.19. The molecule has 4 fully saturated rings. The van der Waals surface area contributed by atoms with Crippen LogP contribution in [-0.4, -0.2) is 212 Å². The third-order valence-corrected chi connectivity index (χ3v) is 17.2. The zero-order valence-electron chi connectivity index (χ0n) is 50.4. The van der Waals surface area contributed by atoms with Gasteiger partial charge in [0.15, 0.2) is 30.3 Å². The molecule has 0 radical (unpaired) electrons. The Hall–Kier alpha value is -4.11. The van der Waals surface area contributed by atoms with Crippen LogP contribution >= 0.6 is 0 Å². The minimum Gasteiger partial charge on any atom is -0.492 e. The number of methoxy groups -OCH3 is 3. The Morgan fingerprint density at radius 1 is 0.951 bits per heavy atom. The molecule has 3 saturated heterocycles. The summed E-state index contributed by atoms with van der Waals surface area (Å²) in [5.74, 6) is -5.60. The number of benzene rings is 1. The molecule has 3 aliphatic heterocycles. The van der Waals surface area contributed by atoms with E-state index in [0.29, 0.717) is 13.0 Å². The number of aromatic carboxylic acids is 1. The SMILES string of the molecule is CC[C@H]1OC(=O)[C@H](C)[C@@H](O[C@H]2C[C@@](C)(OC)[C@@H](OC(=O)CCOCCNc3c(F)cc4c(=O)c(C(=O)O)cn(C5CC5)c4c3OC)[C@H](C)O2)[C@H](C)[C@@H](O[C@@H]2O[C@H](C)C[C@H](N(C)C)[C@@H]2O)[C@](C)(O)C[C@@H](C)CN(C)[C@H](C)[C@@H](OC)[C@]1(C)O. The summed E-state index contributed by atoms with van der Waals surface area (Å²) in [7, 11) is 9.98. The molecule has 1 aromatic carbocycles. The fourth-order valence-corrected chi connectivity index (χ4v) is 12.7. The molecule has 5 N–H and O–H groups in total. The van der Waals surface area contributed by atoms with Gasteiger partial charge in [0.25, 0.3) is 0 Å². The molecule has 0 spiro atoms. The van der Waals surface area contributed by atoms with Crippen LogP contribution in [0.15, 0.2) is 17.1 Å². The summed E-state index contributed by atoms with van der Waals surface area (Å²) in [6.45, 7) is 18.4. The molecule has 460 valence electrons. The molecule has 1 aliphatic carbocycles. The number of cyclic esters (lactones) is 1. The number of likely N-dealkylation sites (N-methyl/N-ethyl adjacent to an activating group) is 2. The van der Waals surface area contributed by atoms with E-state index in [9.17, 15) is 39.6 Å². The Labute approximate surface area is 476 Å². The second-order valence-corrected chi connectivity index (χ2v) is 24.1. The van der Waals surface area contributed by atoms with Crippen molar-refractivity contribution in [2.24, 2.45) is 17.8 Å². The first-order valence-electron chi connectivity index (χ1n) is 28.6. The molecule has 2 aromatic rings. The van der Waals surface area contributed by atoms with Gasteiger partial charge >= 0.3 is 17.9 Å². The standard InChI is InChI=1S/C58H93FN4O18/c1-17-41-58(10,71)51(73-15)34(6)62(13)28-30(2)26-56(8,70)50(81-55-47(66)40(61(11)12)24-31(3)76-55)32(4)48(33(5)54(69)78-41)80-43-27-57(9,74-16)52(35(7)77-43)79-42(64)20-22-75-23-21-60-44-39(59)25-37-45(49(44)72-14)63(36-18-19-36)29-38(46(37)65)53(67)68/h25,29-36,40-41,43,47-48,50-52,55,60,66,70-71H,17-24,26-28H2,1-16H3,(H,67,68)/t30-,31-,32+,33-,34-,35+,40+,41-,43+,47+,48+,50-,51-,52+,55+,56-,57-,58-/m1/s1. The number of nitrogens with one attached hydrogen (secondary N) is 1. The van der Waals surface area contributed by atoms with E-state index in [-0.39, 0.29) is 97.9 Å². The molecular formula is C58H93FN4O18. The minimum atomic E-state index is -1.65. The molecule has 1 saturated carbocycles. The lowest BCUT2D eigenvalue weighted by atomic mass is 9.77. The largest absolute Gasteiger partial charge is 0.492 e. The maximum atomic E-state index is 15.6. The summed E-state index contributed by atoms with van der Waals surface area (Å²) in [6, 6.07) is 0.240. The van der Waals surface area contributed by atoms with Gasteiger partial charge < -0.3 is 87.5 Å². The highest BCUT2D eigenvalue weighted by Crippen LogP contribution is 2.44. The number of halogens is 1. The van der Waals surface area contributed by atoms with E-state index in [1.165, 1.54) is 27.5 Å². The van der Waals surface area contributed by atoms with Gasteiger partial charge in [-0.1, -0.05) is 20.8 Å². The maximum Gasteiger partial charge on any atom is 0.341 e. The molecule has 18 atom stereocenters. The number of hydrogen-bond acceptors (Lipinski definition) is 20. The zero-order chi connectivity index (χ0) is 60.2. The second-order valence-electron chi connectivity index (χ2n) is 24.1. The highest BCUT2D eigenvalue weighted by molar-refractivity contribution is 5.97. The molecule has 1 aromatic heterocycles. The van der Waals surface area contributed by atoms with E-state index in [1.54, 1.807) is 46.1 Å². The maximum absolute atomic E-state index is 15.6. The third kappa shape index (κ3) is 14.9. The van der Waals surface area contributed by atoms with Gasteiger partial charge in [-0.05, 0) is 114 Å². The van der Waals surface area contributed by atoms with Crippen molar-refractivity contribution in [3.63, 3.8) is 0 Å². The number of carbonyl (C=O) groups is 3. The number of anilines is 1. The number of nitrogens with zero attached hydrogens (tertiary/aromatic N) is 3. The Morgan fingerprint density at radius 2 is 1.63 bits per heavy atom. The molecule has 81 heavy (non-hydrogen) atoms. The predicted molar refractivity (Wildman–Crippen MR) is 297 cm³/mol. The number of aliphatic hydroxyl groups excluding tert-OH is 1. The number of aromatic nitrogens is 1.